The van der Waals surface area contributed by atoms with Gasteiger partial charge in [0.05, 0.1) is 15.9 Å². The smallest absolute Gasteiger partial charge is 0.0803 e. The van der Waals surface area contributed by atoms with Gasteiger partial charge in [0.15, 0.2) is 0 Å². The Bertz CT molecular complexity index is 635. The van der Waals surface area contributed by atoms with E-state index in [0.29, 0.717) is 0 Å². The van der Waals surface area contributed by atoms with Crippen LogP contribution in [-0.4, -0.2) is 34.4 Å². The Labute approximate surface area is 133 Å². The molecule has 0 radical (unpaired) electrons. The quantitative estimate of drug-likeness (QED) is 0.270. The van der Waals surface area contributed by atoms with Crippen molar-refractivity contribution >= 4 is 54.1 Å². The van der Waals surface area contributed by atoms with Crippen LogP contribution >= 0.6 is 24.0 Å². The summed E-state index contributed by atoms with van der Waals surface area (Å²) in [6, 6.07) is 5.84. The molecule has 0 saturated heterocycles. The molecule has 0 spiro atoms. The number of thiol groups is 1. The zero-order valence-corrected chi connectivity index (χ0v) is 14.4. The van der Waals surface area contributed by atoms with E-state index in [0.717, 1.165) is 4.21 Å². The maximum absolute atomic E-state index is 11.4. The maximum atomic E-state index is 11.4. The van der Waals surface area contributed by atoms with Gasteiger partial charge in [-0.3, -0.25) is 4.98 Å². The van der Waals surface area contributed by atoms with Crippen LogP contribution in [0, 0.1) is 0 Å². The summed E-state index contributed by atoms with van der Waals surface area (Å²) in [6.07, 6.45) is 1.72. The van der Waals surface area contributed by atoms with Crippen molar-refractivity contribution in [3.8, 4) is 0 Å². The molecule has 3 N–H and O–H groups in total. The number of nitrogens with one attached hydrogen (secondary N) is 1. The van der Waals surface area contributed by atoms with Gasteiger partial charge in [0.1, 0.15) is 0 Å². The van der Waals surface area contributed by atoms with E-state index in [-0.39, 0.29) is 15.9 Å². The molecule has 1 heterocycles. The second-order valence-corrected chi connectivity index (χ2v) is 8.85. The van der Waals surface area contributed by atoms with Crippen molar-refractivity contribution in [3.63, 3.8) is 0 Å². The first kappa shape index (κ1) is 18.0. The molecular weight excluding hydrogens is 379 g/mol. The van der Waals surface area contributed by atoms with E-state index in [2.05, 4.69) is 26.8 Å². The zero-order chi connectivity index (χ0) is 15.9. The second kappa shape index (κ2) is 8.38. The number of thiazole rings is 1. The Morgan fingerprint density at radius 2 is 2.14 bits per heavy atom. The topological polar surface area (TPSA) is 109 Å². The van der Waals surface area contributed by atoms with E-state index in [1.807, 2.05) is 0 Å². The van der Waals surface area contributed by atoms with Gasteiger partial charge in [0.2, 0.25) is 0 Å². The van der Waals surface area contributed by atoms with Crippen LogP contribution in [0.2, 0.25) is 0 Å². The number of amides is 1. The van der Waals surface area contributed by atoms with Crippen LogP contribution in [0.15, 0.2) is 40.2 Å². The molecule has 21 heavy (non-hydrogen) atoms. The maximum Gasteiger partial charge on any atom is 0.0803 e. The largest absolute Gasteiger partial charge is 0.252 e. The molecule has 0 saturated carbocycles. The third-order valence-corrected chi connectivity index (χ3v) is 5.61. The van der Waals surface area contributed by atoms with Crippen LogP contribution < -0.4 is 9.67 Å². The van der Waals surface area contributed by atoms with E-state index in [1.54, 1.807) is 17.8 Å². The number of hydrogen-bond donors (Lipinski definition) is 4. The van der Waals surface area contributed by atoms with Crippen LogP contribution in [0.25, 0.3) is 0 Å². The summed E-state index contributed by atoms with van der Waals surface area (Å²) in [5, 5.41) is 10.7. The summed E-state index contributed by atoms with van der Waals surface area (Å²) >= 11 is 0.598. The molecular formula is C11H13AsN2O5S2. The van der Waals surface area contributed by atoms with Crippen molar-refractivity contribution in [2.45, 2.75) is 11.1 Å². The Kier molecular flexibility index (Phi) is 7.16. The first-order chi connectivity index (χ1) is 9.86. The summed E-state index contributed by atoms with van der Waals surface area (Å²) in [5.74, 6) is -0.379. The molecule has 0 fully saturated rings. The van der Waals surface area contributed by atoms with Gasteiger partial charge in [-0.1, -0.05) is 0 Å². The van der Waals surface area contributed by atoms with Gasteiger partial charge < -0.3 is 0 Å². The third kappa shape index (κ3) is 6.04. The SMILES string of the molecule is CC(=O)Nc1ccccc1[As](=O)(O)OO.Sc1cncs1. The summed E-state index contributed by atoms with van der Waals surface area (Å²) in [6.45, 7) is 1.27. The minimum Gasteiger partial charge on any atom is -0.252 e. The molecule has 0 bridgehead atoms. The number of anilines is 1. The van der Waals surface area contributed by atoms with E-state index >= 15 is 0 Å². The van der Waals surface area contributed by atoms with Crippen molar-refractivity contribution in [2.24, 2.45) is 0 Å². The van der Waals surface area contributed by atoms with Gasteiger partial charge in [-0.25, -0.2) is 0 Å². The predicted octanol–water partition coefficient (Wildman–Crippen LogP) is 1.14. The third-order valence-electron chi connectivity index (χ3n) is 2.05. The number of hydrogen-bond acceptors (Lipinski definition) is 7. The van der Waals surface area contributed by atoms with Crippen molar-refractivity contribution in [1.29, 1.82) is 0 Å². The number of rotatable bonds is 3. The van der Waals surface area contributed by atoms with E-state index < -0.39 is 14.2 Å². The molecule has 2 aromatic rings. The molecule has 0 aliphatic heterocycles. The fourth-order valence-electron chi connectivity index (χ4n) is 1.27. The van der Waals surface area contributed by atoms with Crippen molar-refractivity contribution < 1.29 is 21.8 Å². The summed E-state index contributed by atoms with van der Waals surface area (Å²) in [4.78, 5) is 14.6. The van der Waals surface area contributed by atoms with Crippen molar-refractivity contribution in [1.82, 2.24) is 4.98 Å². The minimum atomic E-state index is -4.92. The minimum absolute atomic E-state index is 0.103. The van der Waals surface area contributed by atoms with Crippen LogP contribution in [0.4, 0.5) is 5.69 Å². The van der Waals surface area contributed by atoms with Crippen LogP contribution in [0.1, 0.15) is 6.92 Å². The average Bonchev–Trinajstić information content (AvgIpc) is 2.90. The normalized spacial score (nSPS) is 12.8. The number of carbonyl (C=O) groups excluding carboxylic acids is 1. The number of aromatic nitrogens is 1. The van der Waals surface area contributed by atoms with E-state index in [1.165, 1.54) is 36.5 Å². The van der Waals surface area contributed by atoms with Crippen molar-refractivity contribution in [3.05, 3.63) is 36.0 Å². The Morgan fingerprint density at radius 3 is 2.57 bits per heavy atom. The Balaban J connectivity index is 0.000000304. The number of nitrogens with zero attached hydrogens (tertiary/aromatic N) is 1. The van der Waals surface area contributed by atoms with Crippen LogP contribution in [0.3, 0.4) is 0 Å². The standard InChI is InChI=1S/C8H10AsNO5.C3H3NS2/c1-6(11)10-8-5-3-2-4-7(8)9(12,13)15-14;5-3-1-4-2-6-3/h2-5,14H,1H3,(H,10,11)(H,12,13);1-2,5H. The van der Waals surface area contributed by atoms with Gasteiger partial charge in [-0.05, 0) is 0 Å². The molecule has 1 unspecified atom stereocenters. The fraction of sp³-hybridized carbons (Fsp3) is 0.0909. The zero-order valence-electron chi connectivity index (χ0n) is 10.8. The first-order valence-electron chi connectivity index (χ1n) is 5.47. The van der Waals surface area contributed by atoms with Gasteiger partial charge in [-0.2, -0.15) is 0 Å². The molecule has 0 aliphatic rings. The van der Waals surface area contributed by atoms with E-state index in [9.17, 15) is 12.6 Å². The molecule has 2 rings (SSSR count). The second-order valence-electron chi connectivity index (χ2n) is 3.64. The van der Waals surface area contributed by atoms with Gasteiger partial charge in [-0.15, -0.1) is 24.0 Å². The monoisotopic (exact) mass is 392 g/mol. The van der Waals surface area contributed by atoms with Gasteiger partial charge in [0, 0.05) is 0 Å². The van der Waals surface area contributed by atoms with Crippen LogP contribution in [0.5, 0.6) is 0 Å². The molecule has 1 aromatic carbocycles. The average molecular weight is 392 g/mol. The van der Waals surface area contributed by atoms with Crippen molar-refractivity contribution in [2.75, 3.05) is 5.32 Å². The molecule has 1 amide bonds. The fourth-order valence-corrected chi connectivity index (χ4v) is 3.50. The number of para-hydroxylation sites is 1. The van der Waals surface area contributed by atoms with E-state index in [4.69, 9.17) is 5.26 Å². The van der Waals surface area contributed by atoms with Gasteiger partial charge >= 0.3 is 88.4 Å². The Morgan fingerprint density at radius 1 is 1.48 bits per heavy atom. The number of benzene rings is 1. The van der Waals surface area contributed by atoms with Gasteiger partial charge in [0.25, 0.3) is 0 Å². The molecule has 114 valence electrons. The molecule has 1 aromatic heterocycles. The summed E-state index contributed by atoms with van der Waals surface area (Å²) in [5.41, 5.74) is 1.91. The number of carbonyl (C=O) groups is 1. The molecule has 1 atom stereocenters. The summed E-state index contributed by atoms with van der Waals surface area (Å²) in [7, 11) is 0. The Hall–Kier alpha value is -1.09. The first-order valence-corrected chi connectivity index (χ1v) is 10.1. The predicted molar refractivity (Wildman–Crippen MR) is 82.1 cm³/mol. The molecule has 10 heteroatoms. The molecule has 7 nitrogen and oxygen atoms in total. The molecule has 0 aliphatic carbocycles. The van der Waals surface area contributed by atoms with Crippen LogP contribution in [-0.2, 0) is 12.4 Å². The summed E-state index contributed by atoms with van der Waals surface area (Å²) < 4.78 is 25.1.